The maximum absolute atomic E-state index is 13.1. The molecule has 26 heavy (non-hydrogen) atoms. The van der Waals surface area contributed by atoms with Gasteiger partial charge in [0.05, 0.1) is 41.9 Å². The molecule has 0 bridgehead atoms. The van der Waals surface area contributed by atoms with Crippen molar-refractivity contribution in [2.75, 3.05) is 13.1 Å². The van der Waals surface area contributed by atoms with Crippen molar-refractivity contribution >= 4 is 17.2 Å². The highest BCUT2D eigenvalue weighted by Crippen LogP contribution is 2.35. The Morgan fingerprint density at radius 3 is 2.92 bits per heavy atom. The van der Waals surface area contributed by atoms with Crippen LogP contribution in [-0.4, -0.2) is 44.4 Å². The number of amides is 1. The highest BCUT2D eigenvalue weighted by Gasteiger charge is 2.45. The first kappa shape index (κ1) is 15.8. The van der Waals surface area contributed by atoms with Crippen LogP contribution in [0.15, 0.2) is 46.7 Å². The highest BCUT2D eigenvalue weighted by molar-refractivity contribution is 7.09. The Kier molecular flexibility index (Phi) is 3.72. The molecule has 7 heteroatoms. The summed E-state index contributed by atoms with van der Waals surface area (Å²) >= 11 is 1.63. The summed E-state index contributed by atoms with van der Waals surface area (Å²) in [5, 5.41) is 3.10. The normalized spacial score (nSPS) is 22.7. The van der Waals surface area contributed by atoms with Gasteiger partial charge in [0.2, 0.25) is 0 Å². The lowest BCUT2D eigenvalue weighted by Crippen LogP contribution is -2.49. The van der Waals surface area contributed by atoms with E-state index >= 15 is 0 Å². The Morgan fingerprint density at radius 2 is 2.15 bits per heavy atom. The van der Waals surface area contributed by atoms with Crippen LogP contribution in [0.1, 0.15) is 32.8 Å². The van der Waals surface area contributed by atoms with Gasteiger partial charge in [0, 0.05) is 36.8 Å². The lowest BCUT2D eigenvalue weighted by atomic mass is 10.1. The van der Waals surface area contributed by atoms with E-state index in [0.29, 0.717) is 6.54 Å². The zero-order chi connectivity index (χ0) is 17.7. The van der Waals surface area contributed by atoms with Crippen LogP contribution >= 0.6 is 11.3 Å². The van der Waals surface area contributed by atoms with E-state index in [1.165, 1.54) is 5.56 Å². The molecular weight excluding hydrogens is 348 g/mol. The fourth-order valence-electron chi connectivity index (χ4n) is 4.20. The smallest absolute Gasteiger partial charge is 0.271 e. The van der Waals surface area contributed by atoms with Gasteiger partial charge in [0.25, 0.3) is 5.91 Å². The predicted molar refractivity (Wildman–Crippen MR) is 98.0 cm³/mol. The monoisotopic (exact) mass is 368 g/mol. The SMILES string of the molecule is Cc1nc(CN2C(=O)c3cccn3[C@@H]3CN(Cc4ccoc4)C[C@H]32)cs1. The molecule has 1 saturated heterocycles. The van der Waals surface area contributed by atoms with Gasteiger partial charge >= 0.3 is 0 Å². The number of aryl methyl sites for hydroxylation is 1. The van der Waals surface area contributed by atoms with Crippen molar-refractivity contribution in [1.82, 2.24) is 19.4 Å². The van der Waals surface area contributed by atoms with Gasteiger partial charge in [0.15, 0.2) is 0 Å². The van der Waals surface area contributed by atoms with Crippen molar-refractivity contribution in [3.63, 3.8) is 0 Å². The molecule has 0 radical (unpaired) electrons. The molecule has 0 unspecified atom stereocenters. The summed E-state index contributed by atoms with van der Waals surface area (Å²) in [5.41, 5.74) is 2.93. The van der Waals surface area contributed by atoms with E-state index in [4.69, 9.17) is 4.42 Å². The Balaban J connectivity index is 1.45. The quantitative estimate of drug-likeness (QED) is 0.711. The molecule has 6 nitrogen and oxygen atoms in total. The minimum atomic E-state index is 0.104. The predicted octanol–water partition coefficient (Wildman–Crippen LogP) is 2.93. The Bertz CT molecular complexity index is 929. The van der Waals surface area contributed by atoms with Crippen LogP contribution in [0.3, 0.4) is 0 Å². The third-order valence-corrected chi connectivity index (χ3v) is 6.16. The Hall–Kier alpha value is -2.38. The number of rotatable bonds is 4. The molecule has 0 N–H and O–H groups in total. The largest absolute Gasteiger partial charge is 0.472 e. The third-order valence-electron chi connectivity index (χ3n) is 5.34. The highest BCUT2D eigenvalue weighted by atomic mass is 32.1. The number of fused-ring (bicyclic) bond motifs is 3. The van der Waals surface area contributed by atoms with Crippen molar-refractivity contribution in [1.29, 1.82) is 0 Å². The molecular formula is C19H20N4O2S. The average molecular weight is 368 g/mol. The van der Waals surface area contributed by atoms with Crippen molar-refractivity contribution < 1.29 is 9.21 Å². The molecule has 1 amide bonds. The summed E-state index contributed by atoms with van der Waals surface area (Å²) in [6.07, 6.45) is 5.55. The molecule has 0 aromatic carbocycles. The lowest BCUT2D eigenvalue weighted by Gasteiger charge is -2.38. The molecule has 1 fully saturated rings. The van der Waals surface area contributed by atoms with Gasteiger partial charge in [-0.25, -0.2) is 4.98 Å². The molecule has 3 aromatic rings. The molecule has 2 aliphatic rings. The summed E-state index contributed by atoms with van der Waals surface area (Å²) in [5.74, 6) is 0.104. The average Bonchev–Trinajstić information content (AvgIpc) is 3.39. The second-order valence-corrected chi connectivity index (χ2v) is 8.11. The van der Waals surface area contributed by atoms with Gasteiger partial charge in [-0.1, -0.05) is 0 Å². The molecule has 3 aromatic heterocycles. The van der Waals surface area contributed by atoms with Crippen LogP contribution in [0.2, 0.25) is 0 Å². The first-order chi connectivity index (χ1) is 12.7. The van der Waals surface area contributed by atoms with Crippen molar-refractivity contribution in [3.8, 4) is 0 Å². The number of likely N-dealkylation sites (tertiary alicyclic amines) is 1. The van der Waals surface area contributed by atoms with E-state index in [-0.39, 0.29) is 18.0 Å². The minimum absolute atomic E-state index is 0.104. The van der Waals surface area contributed by atoms with Crippen LogP contribution in [0.5, 0.6) is 0 Å². The second kappa shape index (κ2) is 6.10. The molecule has 134 valence electrons. The molecule has 5 heterocycles. The molecule has 0 aliphatic carbocycles. The Morgan fingerprint density at radius 1 is 1.27 bits per heavy atom. The molecule has 0 saturated carbocycles. The van der Waals surface area contributed by atoms with Gasteiger partial charge in [-0.05, 0) is 25.1 Å². The number of hydrogen-bond acceptors (Lipinski definition) is 5. The van der Waals surface area contributed by atoms with Crippen LogP contribution in [-0.2, 0) is 13.1 Å². The molecule has 2 aliphatic heterocycles. The van der Waals surface area contributed by atoms with Gasteiger partial charge in [-0.2, -0.15) is 0 Å². The zero-order valence-electron chi connectivity index (χ0n) is 14.5. The van der Waals surface area contributed by atoms with E-state index in [1.54, 1.807) is 23.9 Å². The summed E-state index contributed by atoms with van der Waals surface area (Å²) in [4.78, 5) is 22.1. The van der Waals surface area contributed by atoms with Crippen LogP contribution in [0, 0.1) is 6.92 Å². The maximum Gasteiger partial charge on any atom is 0.271 e. The minimum Gasteiger partial charge on any atom is -0.472 e. The van der Waals surface area contributed by atoms with Crippen LogP contribution < -0.4 is 0 Å². The van der Waals surface area contributed by atoms with Crippen molar-refractivity contribution in [2.45, 2.75) is 32.1 Å². The summed E-state index contributed by atoms with van der Waals surface area (Å²) in [7, 11) is 0. The van der Waals surface area contributed by atoms with Gasteiger partial charge in [0.1, 0.15) is 5.69 Å². The molecule has 5 rings (SSSR count). The maximum atomic E-state index is 13.1. The topological polar surface area (TPSA) is 54.5 Å². The first-order valence-electron chi connectivity index (χ1n) is 8.81. The van der Waals surface area contributed by atoms with Gasteiger partial charge in [-0.3, -0.25) is 9.69 Å². The van der Waals surface area contributed by atoms with Crippen LogP contribution in [0.4, 0.5) is 0 Å². The van der Waals surface area contributed by atoms with E-state index < -0.39 is 0 Å². The van der Waals surface area contributed by atoms with E-state index in [9.17, 15) is 4.79 Å². The van der Waals surface area contributed by atoms with E-state index in [1.807, 2.05) is 36.2 Å². The number of furan rings is 1. The number of thiazole rings is 1. The van der Waals surface area contributed by atoms with Crippen LogP contribution in [0.25, 0.3) is 0 Å². The number of nitrogens with zero attached hydrogens (tertiary/aromatic N) is 4. The summed E-state index contributed by atoms with van der Waals surface area (Å²) in [6, 6.07) is 6.35. The fraction of sp³-hybridized carbons (Fsp3) is 0.368. The van der Waals surface area contributed by atoms with E-state index in [2.05, 4.69) is 19.8 Å². The number of carbonyl (C=O) groups excluding carboxylic acids is 1. The summed E-state index contributed by atoms with van der Waals surface area (Å²) < 4.78 is 7.36. The standard InChI is InChI=1S/C19H20N4O2S/c1-13-20-15(12-26-13)8-23-18-10-21(7-14-4-6-25-11-14)9-17(18)22-5-2-3-16(22)19(23)24/h2-6,11-12,17-18H,7-10H2,1H3/t17-,18-/m1/s1. The number of aromatic nitrogens is 2. The van der Waals surface area contributed by atoms with Crippen molar-refractivity contribution in [2.24, 2.45) is 0 Å². The molecule has 0 spiro atoms. The van der Waals surface area contributed by atoms with Gasteiger partial charge < -0.3 is 13.9 Å². The zero-order valence-corrected chi connectivity index (χ0v) is 15.4. The Labute approximate surface area is 155 Å². The van der Waals surface area contributed by atoms with Crippen molar-refractivity contribution in [3.05, 3.63) is 64.3 Å². The lowest BCUT2D eigenvalue weighted by molar-refractivity contribution is 0.0553. The second-order valence-electron chi connectivity index (χ2n) is 7.05. The third kappa shape index (κ3) is 2.59. The first-order valence-corrected chi connectivity index (χ1v) is 9.69. The summed E-state index contributed by atoms with van der Waals surface area (Å²) in [6.45, 7) is 5.22. The fourth-order valence-corrected chi connectivity index (χ4v) is 4.81. The van der Waals surface area contributed by atoms with Gasteiger partial charge in [-0.15, -0.1) is 11.3 Å². The van der Waals surface area contributed by atoms with E-state index in [0.717, 1.165) is 36.0 Å². The molecule has 2 atom stereocenters. The number of hydrogen-bond donors (Lipinski definition) is 0. The number of carbonyl (C=O) groups is 1.